The molecule has 0 saturated heterocycles. The Hall–Kier alpha value is -3.20. The summed E-state index contributed by atoms with van der Waals surface area (Å²) in [5.74, 6) is 0.849. The van der Waals surface area contributed by atoms with Crippen LogP contribution in [0, 0.1) is 6.92 Å². The third kappa shape index (κ3) is 8.34. The standard InChI is InChI=1S/C30H39N3/c1-7-11-13-23(5)14-17-25(9-3)21-31-30-28(29(12-8-2)32-22-33-30)20-26(10-4)27-18-15-24(6)16-19-27/h9-10,12-20,22H,7-8,11,21H2,1-6H3,(H,31,32,33)/b17-14-,23-13+,25-9+,26-10+,28-20+,29-12-. The Morgan fingerprint density at radius 3 is 2.39 bits per heavy atom. The van der Waals surface area contributed by atoms with Gasteiger partial charge in [0.25, 0.3) is 0 Å². The number of nitrogens with zero attached hydrogens (tertiary/aromatic N) is 2. The topological polar surface area (TPSA) is 37.8 Å². The average Bonchev–Trinajstić information content (AvgIpc) is 2.83. The van der Waals surface area contributed by atoms with E-state index < -0.39 is 0 Å². The Bertz CT molecular complexity index is 1130. The quantitative estimate of drug-likeness (QED) is 0.427. The van der Waals surface area contributed by atoms with Crippen LogP contribution in [0.4, 0.5) is 5.82 Å². The van der Waals surface area contributed by atoms with Crippen molar-refractivity contribution >= 4 is 23.5 Å². The van der Waals surface area contributed by atoms with E-state index in [0.717, 1.165) is 34.8 Å². The summed E-state index contributed by atoms with van der Waals surface area (Å²) >= 11 is 0. The minimum absolute atomic E-state index is 0.702. The van der Waals surface area contributed by atoms with Crippen LogP contribution in [0.3, 0.4) is 0 Å². The second-order valence-corrected chi connectivity index (χ2v) is 8.18. The molecule has 2 rings (SSSR count). The zero-order valence-electron chi connectivity index (χ0n) is 21.2. The van der Waals surface area contributed by atoms with Crippen LogP contribution in [0.15, 0.2) is 72.1 Å². The van der Waals surface area contributed by atoms with E-state index >= 15 is 0 Å². The minimum Gasteiger partial charge on any atom is -0.365 e. The first kappa shape index (κ1) is 26.1. The molecule has 0 saturated carbocycles. The fraction of sp³-hybridized carbons (Fsp3) is 0.333. The van der Waals surface area contributed by atoms with Crippen LogP contribution in [0.5, 0.6) is 0 Å². The molecule has 0 amide bonds. The van der Waals surface area contributed by atoms with Crippen molar-refractivity contribution in [1.82, 2.24) is 9.97 Å². The van der Waals surface area contributed by atoms with Crippen molar-refractivity contribution in [1.29, 1.82) is 0 Å². The minimum atomic E-state index is 0.702. The van der Waals surface area contributed by atoms with Gasteiger partial charge in [0, 0.05) is 11.8 Å². The molecule has 0 aliphatic rings. The highest BCUT2D eigenvalue weighted by molar-refractivity contribution is 5.89. The molecule has 0 spiro atoms. The fourth-order valence-electron chi connectivity index (χ4n) is 3.40. The van der Waals surface area contributed by atoms with Crippen LogP contribution in [-0.2, 0) is 0 Å². The van der Waals surface area contributed by atoms with Crippen LogP contribution in [-0.4, -0.2) is 16.5 Å². The van der Waals surface area contributed by atoms with Gasteiger partial charge in [-0.25, -0.2) is 9.97 Å². The van der Waals surface area contributed by atoms with Crippen molar-refractivity contribution in [3.8, 4) is 0 Å². The largest absolute Gasteiger partial charge is 0.365 e. The molecule has 3 nitrogen and oxygen atoms in total. The number of nitrogens with one attached hydrogen (secondary N) is 1. The van der Waals surface area contributed by atoms with Crippen LogP contribution < -0.4 is 15.9 Å². The van der Waals surface area contributed by atoms with E-state index in [9.17, 15) is 0 Å². The second-order valence-electron chi connectivity index (χ2n) is 8.18. The van der Waals surface area contributed by atoms with Gasteiger partial charge < -0.3 is 5.32 Å². The van der Waals surface area contributed by atoms with Crippen molar-refractivity contribution in [2.24, 2.45) is 0 Å². The van der Waals surface area contributed by atoms with Gasteiger partial charge in [-0.05, 0) is 63.3 Å². The molecule has 0 atom stereocenters. The summed E-state index contributed by atoms with van der Waals surface area (Å²) in [5, 5.41) is 5.53. The first-order valence-corrected chi connectivity index (χ1v) is 12.0. The van der Waals surface area contributed by atoms with Crippen molar-refractivity contribution in [2.45, 2.75) is 60.8 Å². The van der Waals surface area contributed by atoms with Crippen LogP contribution >= 0.6 is 0 Å². The van der Waals surface area contributed by atoms with Gasteiger partial charge in [0.15, 0.2) is 0 Å². The molecule has 1 aromatic carbocycles. The monoisotopic (exact) mass is 441 g/mol. The molecule has 0 aliphatic heterocycles. The molecular formula is C30H39N3. The van der Waals surface area contributed by atoms with Gasteiger partial charge >= 0.3 is 0 Å². The molecule has 33 heavy (non-hydrogen) atoms. The van der Waals surface area contributed by atoms with Crippen molar-refractivity contribution in [3.05, 3.63) is 93.8 Å². The molecule has 3 heteroatoms. The van der Waals surface area contributed by atoms with E-state index in [4.69, 9.17) is 0 Å². The van der Waals surface area contributed by atoms with E-state index in [1.807, 2.05) is 0 Å². The molecule has 1 heterocycles. The lowest BCUT2D eigenvalue weighted by Crippen LogP contribution is -2.32. The summed E-state index contributed by atoms with van der Waals surface area (Å²) in [5.41, 5.74) is 6.11. The molecular weight excluding hydrogens is 402 g/mol. The van der Waals surface area contributed by atoms with E-state index in [-0.39, 0.29) is 0 Å². The Balaban J connectivity index is 2.40. The Morgan fingerprint density at radius 1 is 1.00 bits per heavy atom. The van der Waals surface area contributed by atoms with Gasteiger partial charge in [0.05, 0.1) is 5.35 Å². The number of hydrogen-bond acceptors (Lipinski definition) is 3. The second kappa shape index (κ2) is 14.1. The molecule has 0 unspecified atom stereocenters. The average molecular weight is 442 g/mol. The Labute approximate surface area is 200 Å². The molecule has 1 aromatic heterocycles. The summed E-state index contributed by atoms with van der Waals surface area (Å²) in [7, 11) is 0. The lowest BCUT2D eigenvalue weighted by molar-refractivity contribution is 0.952. The molecule has 0 radical (unpaired) electrons. The zero-order chi connectivity index (χ0) is 24.1. The van der Waals surface area contributed by atoms with E-state index in [0.29, 0.717) is 6.54 Å². The maximum atomic E-state index is 4.60. The molecule has 174 valence electrons. The van der Waals surface area contributed by atoms with Crippen molar-refractivity contribution in [3.63, 3.8) is 0 Å². The van der Waals surface area contributed by atoms with Crippen LogP contribution in [0.25, 0.3) is 17.7 Å². The summed E-state index contributed by atoms with van der Waals surface area (Å²) in [6.45, 7) is 13.4. The summed E-state index contributed by atoms with van der Waals surface area (Å²) < 4.78 is 0. The number of anilines is 1. The van der Waals surface area contributed by atoms with Gasteiger partial charge in [0.1, 0.15) is 12.1 Å². The van der Waals surface area contributed by atoms with E-state index in [2.05, 4.69) is 124 Å². The normalized spacial score (nSPS) is 14.4. The lowest BCUT2D eigenvalue weighted by Gasteiger charge is -2.09. The number of benzene rings is 1. The number of aryl methyl sites for hydroxylation is 1. The summed E-state index contributed by atoms with van der Waals surface area (Å²) in [4.78, 5) is 9.15. The Morgan fingerprint density at radius 2 is 1.76 bits per heavy atom. The maximum absolute atomic E-state index is 4.60. The van der Waals surface area contributed by atoms with Crippen molar-refractivity contribution in [2.75, 3.05) is 11.9 Å². The third-order valence-electron chi connectivity index (χ3n) is 5.45. The SMILES string of the molecule is C\C=C(/C=C\C(C)=C\CCC)CNc1ncnc(=C\CC)/c1=C\C(=C/C)c1ccc(C)cc1. The summed E-state index contributed by atoms with van der Waals surface area (Å²) in [6.07, 6.45) is 20.1. The Kier molecular flexibility index (Phi) is 11.1. The van der Waals surface area contributed by atoms with Gasteiger partial charge in [-0.15, -0.1) is 0 Å². The lowest BCUT2D eigenvalue weighted by atomic mass is 10.0. The third-order valence-corrected chi connectivity index (χ3v) is 5.45. The van der Waals surface area contributed by atoms with Gasteiger partial charge in [-0.3, -0.25) is 0 Å². The first-order valence-electron chi connectivity index (χ1n) is 12.0. The molecule has 0 bridgehead atoms. The molecule has 0 aliphatic carbocycles. The van der Waals surface area contributed by atoms with E-state index in [1.165, 1.54) is 28.7 Å². The number of aromatic nitrogens is 2. The van der Waals surface area contributed by atoms with Crippen LogP contribution in [0.1, 0.15) is 65.0 Å². The highest BCUT2D eigenvalue weighted by Gasteiger charge is 2.04. The smallest absolute Gasteiger partial charge is 0.137 e. The van der Waals surface area contributed by atoms with Gasteiger partial charge in [-0.1, -0.05) is 92.1 Å². The van der Waals surface area contributed by atoms with Crippen LogP contribution in [0.2, 0.25) is 0 Å². The number of unbranched alkanes of at least 4 members (excludes halogenated alkanes) is 1. The molecule has 0 fully saturated rings. The van der Waals surface area contributed by atoms with Gasteiger partial charge in [0.2, 0.25) is 0 Å². The maximum Gasteiger partial charge on any atom is 0.137 e. The highest BCUT2D eigenvalue weighted by atomic mass is 15.0. The number of hydrogen-bond donors (Lipinski definition) is 1. The van der Waals surface area contributed by atoms with Crippen molar-refractivity contribution < 1.29 is 0 Å². The number of allylic oxidation sites excluding steroid dienone is 6. The zero-order valence-corrected chi connectivity index (χ0v) is 21.2. The molecule has 1 N–H and O–H groups in total. The summed E-state index contributed by atoms with van der Waals surface area (Å²) in [6, 6.07) is 8.62. The number of rotatable bonds is 10. The first-order chi connectivity index (χ1) is 16.0. The predicted molar refractivity (Wildman–Crippen MR) is 145 cm³/mol. The molecule has 2 aromatic rings. The predicted octanol–water partition coefficient (Wildman–Crippen LogP) is 6.52. The fourth-order valence-corrected chi connectivity index (χ4v) is 3.40. The van der Waals surface area contributed by atoms with Gasteiger partial charge in [-0.2, -0.15) is 0 Å². The van der Waals surface area contributed by atoms with E-state index in [1.54, 1.807) is 6.33 Å². The highest BCUT2D eigenvalue weighted by Crippen LogP contribution is 2.16.